The molecule has 0 spiro atoms. The Hall–Kier alpha value is -1.76. The molecule has 0 unspecified atom stereocenters. The molecule has 0 aliphatic carbocycles. The van der Waals surface area contributed by atoms with Gasteiger partial charge in [0, 0.05) is 10.0 Å². The van der Waals surface area contributed by atoms with Crippen molar-refractivity contribution < 1.29 is 9.59 Å². The monoisotopic (exact) mass is 403 g/mol. The fourth-order valence-corrected chi connectivity index (χ4v) is 3.88. The second kappa shape index (κ2) is 6.78. The van der Waals surface area contributed by atoms with Crippen molar-refractivity contribution in [2.24, 2.45) is 0 Å². The molecule has 23 heavy (non-hydrogen) atoms. The molecule has 2 aromatic carbocycles. The first kappa shape index (κ1) is 16.1. The Morgan fingerprint density at radius 2 is 1.70 bits per heavy atom. The van der Waals surface area contributed by atoms with Gasteiger partial charge in [-0.2, -0.15) is 0 Å². The maximum atomic E-state index is 12.7. The number of carbonyl (C=O) groups excluding carboxylic acids is 2. The highest BCUT2D eigenvalue weighted by Crippen LogP contribution is 2.38. The summed E-state index contributed by atoms with van der Waals surface area (Å²) in [4.78, 5) is 25.4. The van der Waals surface area contributed by atoms with Crippen LogP contribution in [0.15, 0.2) is 57.9 Å². The molecular formula is C17H10BrNO2S2. The van der Waals surface area contributed by atoms with Crippen molar-refractivity contribution in [1.82, 2.24) is 0 Å². The van der Waals surface area contributed by atoms with Crippen molar-refractivity contribution in [3.8, 4) is 0 Å². The second-order valence-electron chi connectivity index (χ2n) is 4.75. The van der Waals surface area contributed by atoms with E-state index in [1.165, 1.54) is 16.7 Å². The quantitative estimate of drug-likeness (QED) is 0.424. The van der Waals surface area contributed by atoms with Crippen molar-refractivity contribution in [3.05, 3.63) is 69.0 Å². The van der Waals surface area contributed by atoms with Crippen molar-refractivity contribution in [2.45, 2.75) is 0 Å². The number of nitrogens with zero attached hydrogens (tertiary/aromatic N) is 1. The topological polar surface area (TPSA) is 37.4 Å². The van der Waals surface area contributed by atoms with Crippen LogP contribution in [-0.2, 0) is 4.79 Å². The van der Waals surface area contributed by atoms with E-state index in [0.29, 0.717) is 14.8 Å². The molecule has 1 saturated heterocycles. The second-order valence-corrected chi connectivity index (χ2v) is 7.28. The molecule has 0 saturated carbocycles. The number of amides is 1. The lowest BCUT2D eigenvalue weighted by atomic mass is 10.1. The molecule has 0 bridgehead atoms. The van der Waals surface area contributed by atoms with Crippen LogP contribution in [0.4, 0.5) is 5.69 Å². The zero-order chi connectivity index (χ0) is 16.4. The number of hydrogen-bond donors (Lipinski definition) is 0. The summed E-state index contributed by atoms with van der Waals surface area (Å²) in [6.45, 7) is 0. The SMILES string of the molecule is O=Cc1ccc(/C=C2\SC(=S)N(c3ccccc3Br)C2=O)cc1. The molecule has 0 radical (unpaired) electrons. The van der Waals surface area contributed by atoms with Gasteiger partial charge in [0.05, 0.1) is 10.6 Å². The molecule has 2 aromatic rings. The van der Waals surface area contributed by atoms with Crippen LogP contribution in [0.1, 0.15) is 15.9 Å². The fraction of sp³-hybridized carbons (Fsp3) is 0. The Morgan fingerprint density at radius 1 is 1.04 bits per heavy atom. The minimum atomic E-state index is -0.147. The highest BCUT2D eigenvalue weighted by molar-refractivity contribution is 9.10. The highest BCUT2D eigenvalue weighted by Gasteiger charge is 2.34. The van der Waals surface area contributed by atoms with Gasteiger partial charge in [-0.1, -0.05) is 60.4 Å². The van der Waals surface area contributed by atoms with Crippen molar-refractivity contribution >= 4 is 68.2 Å². The first-order valence-electron chi connectivity index (χ1n) is 6.68. The van der Waals surface area contributed by atoms with Gasteiger partial charge in [-0.25, -0.2) is 0 Å². The third-order valence-electron chi connectivity index (χ3n) is 3.26. The normalized spacial score (nSPS) is 16.2. The molecule has 0 aromatic heterocycles. The van der Waals surface area contributed by atoms with Crippen LogP contribution in [-0.4, -0.2) is 16.5 Å². The van der Waals surface area contributed by atoms with Gasteiger partial charge in [0.2, 0.25) is 0 Å². The van der Waals surface area contributed by atoms with Gasteiger partial charge in [-0.05, 0) is 39.7 Å². The number of hydrogen-bond acceptors (Lipinski definition) is 4. The maximum absolute atomic E-state index is 12.7. The van der Waals surface area contributed by atoms with Gasteiger partial charge in [-0.3, -0.25) is 14.5 Å². The summed E-state index contributed by atoms with van der Waals surface area (Å²) in [5.74, 6) is -0.147. The predicted octanol–water partition coefficient (Wildman–Crippen LogP) is 4.67. The Labute approximate surface area is 151 Å². The summed E-state index contributed by atoms with van der Waals surface area (Å²) in [6, 6.07) is 14.5. The van der Waals surface area contributed by atoms with Gasteiger partial charge in [0.25, 0.3) is 5.91 Å². The van der Waals surface area contributed by atoms with E-state index in [1.54, 1.807) is 30.3 Å². The number of anilines is 1. The van der Waals surface area contributed by atoms with Crippen LogP contribution in [0.3, 0.4) is 0 Å². The summed E-state index contributed by atoms with van der Waals surface area (Å²) >= 11 is 10.1. The first-order valence-corrected chi connectivity index (χ1v) is 8.69. The number of halogens is 1. The number of aldehydes is 1. The summed E-state index contributed by atoms with van der Waals surface area (Å²) < 4.78 is 1.31. The van der Waals surface area contributed by atoms with E-state index < -0.39 is 0 Å². The number of rotatable bonds is 3. The van der Waals surface area contributed by atoms with Crippen LogP contribution < -0.4 is 4.90 Å². The highest BCUT2D eigenvalue weighted by atomic mass is 79.9. The number of carbonyl (C=O) groups is 2. The molecule has 6 heteroatoms. The molecule has 1 fully saturated rings. The van der Waals surface area contributed by atoms with E-state index in [4.69, 9.17) is 12.2 Å². The number of para-hydroxylation sites is 1. The molecule has 1 amide bonds. The molecule has 114 valence electrons. The molecule has 3 rings (SSSR count). The average Bonchev–Trinajstić information content (AvgIpc) is 2.83. The van der Waals surface area contributed by atoms with E-state index in [-0.39, 0.29) is 5.91 Å². The Bertz CT molecular complexity index is 831. The van der Waals surface area contributed by atoms with Gasteiger partial charge < -0.3 is 0 Å². The van der Waals surface area contributed by atoms with Crippen LogP contribution in [0, 0.1) is 0 Å². The minimum Gasteiger partial charge on any atom is -0.298 e. The van der Waals surface area contributed by atoms with E-state index in [1.807, 2.05) is 24.3 Å². The smallest absolute Gasteiger partial charge is 0.270 e. The zero-order valence-electron chi connectivity index (χ0n) is 11.7. The van der Waals surface area contributed by atoms with Gasteiger partial charge in [-0.15, -0.1) is 0 Å². The lowest BCUT2D eigenvalue weighted by molar-refractivity contribution is -0.113. The molecule has 1 aliphatic heterocycles. The molecular weight excluding hydrogens is 394 g/mol. The first-order chi connectivity index (χ1) is 11.1. The lowest BCUT2D eigenvalue weighted by Crippen LogP contribution is -2.27. The van der Waals surface area contributed by atoms with Gasteiger partial charge >= 0.3 is 0 Å². The Balaban J connectivity index is 1.93. The standard InChI is InChI=1S/C17H10BrNO2S2/c18-13-3-1-2-4-14(13)19-16(21)15(23-17(19)22)9-11-5-7-12(10-20)8-6-11/h1-10H/b15-9-. The summed E-state index contributed by atoms with van der Waals surface area (Å²) in [5.41, 5.74) is 2.18. The zero-order valence-corrected chi connectivity index (χ0v) is 15.0. The van der Waals surface area contributed by atoms with Crippen LogP contribution in [0.5, 0.6) is 0 Å². The third-order valence-corrected chi connectivity index (χ3v) is 5.23. The number of benzene rings is 2. The molecule has 3 nitrogen and oxygen atoms in total. The van der Waals surface area contributed by atoms with Gasteiger partial charge in [0.1, 0.15) is 6.29 Å². The third kappa shape index (κ3) is 3.29. The molecule has 0 N–H and O–H groups in total. The van der Waals surface area contributed by atoms with Crippen LogP contribution in [0.25, 0.3) is 6.08 Å². The summed E-state index contributed by atoms with van der Waals surface area (Å²) in [6.07, 6.45) is 2.57. The van der Waals surface area contributed by atoms with Crippen molar-refractivity contribution in [2.75, 3.05) is 4.90 Å². The van der Waals surface area contributed by atoms with Crippen molar-refractivity contribution in [1.29, 1.82) is 0 Å². The molecule has 1 aliphatic rings. The van der Waals surface area contributed by atoms with Crippen molar-refractivity contribution in [3.63, 3.8) is 0 Å². The van der Waals surface area contributed by atoms with E-state index in [2.05, 4.69) is 15.9 Å². The van der Waals surface area contributed by atoms with E-state index in [0.717, 1.165) is 22.0 Å². The predicted molar refractivity (Wildman–Crippen MR) is 102 cm³/mol. The molecule has 0 atom stereocenters. The Kier molecular flexibility index (Phi) is 4.75. The number of thioether (sulfide) groups is 1. The van der Waals surface area contributed by atoms with E-state index in [9.17, 15) is 9.59 Å². The van der Waals surface area contributed by atoms with Gasteiger partial charge in [0.15, 0.2) is 4.32 Å². The summed E-state index contributed by atoms with van der Waals surface area (Å²) in [7, 11) is 0. The average molecular weight is 404 g/mol. The molecule has 1 heterocycles. The minimum absolute atomic E-state index is 0.147. The van der Waals surface area contributed by atoms with Crippen LogP contribution in [0.2, 0.25) is 0 Å². The Morgan fingerprint density at radius 3 is 2.35 bits per heavy atom. The number of thiocarbonyl (C=S) groups is 1. The van der Waals surface area contributed by atoms with E-state index >= 15 is 0 Å². The fourth-order valence-electron chi connectivity index (χ4n) is 2.13. The van der Waals surface area contributed by atoms with Crippen LogP contribution >= 0.6 is 39.9 Å². The summed E-state index contributed by atoms with van der Waals surface area (Å²) in [5, 5.41) is 0. The lowest BCUT2D eigenvalue weighted by Gasteiger charge is -2.15. The maximum Gasteiger partial charge on any atom is 0.270 e. The largest absolute Gasteiger partial charge is 0.298 e.